The largest absolute Gasteiger partial charge is 0.338 e. The Morgan fingerprint density at radius 2 is 2.44 bits per heavy atom. The number of carbonyl (C=O) groups excluding carboxylic acids is 1. The molecule has 18 heavy (non-hydrogen) atoms. The van der Waals surface area contributed by atoms with E-state index in [1.807, 2.05) is 18.0 Å². The summed E-state index contributed by atoms with van der Waals surface area (Å²) in [4.78, 5) is 15.9. The molecule has 1 aliphatic rings. The molecule has 2 unspecified atom stereocenters. The SMILES string of the molecule is CCC1(C(=O)N(C)C(C)c2cccs2)CCNC1. The standard InChI is InChI=1S/C14H22N2OS/c1-4-14(7-8-15-10-14)13(17)16(3)11(2)12-6-5-9-18-12/h5-6,9,11,15H,4,7-8,10H2,1-3H3. The average Bonchev–Trinajstić information content (AvgIpc) is 3.07. The summed E-state index contributed by atoms with van der Waals surface area (Å²) in [6.07, 6.45) is 1.88. The van der Waals surface area contributed by atoms with Crippen LogP contribution in [0.25, 0.3) is 0 Å². The van der Waals surface area contributed by atoms with Gasteiger partial charge in [0.2, 0.25) is 5.91 Å². The third-order valence-electron chi connectivity index (χ3n) is 4.23. The molecule has 100 valence electrons. The van der Waals surface area contributed by atoms with Crippen LogP contribution in [-0.2, 0) is 4.79 Å². The summed E-state index contributed by atoms with van der Waals surface area (Å²) in [5.41, 5.74) is -0.180. The first-order valence-corrected chi connectivity index (χ1v) is 7.50. The number of hydrogen-bond acceptors (Lipinski definition) is 3. The molecule has 1 amide bonds. The van der Waals surface area contributed by atoms with Crippen LogP contribution in [0.2, 0.25) is 0 Å². The van der Waals surface area contributed by atoms with Crippen molar-refractivity contribution in [3.05, 3.63) is 22.4 Å². The van der Waals surface area contributed by atoms with Gasteiger partial charge in [-0.15, -0.1) is 11.3 Å². The second-order valence-electron chi connectivity index (χ2n) is 5.17. The molecule has 1 N–H and O–H groups in total. The lowest BCUT2D eigenvalue weighted by atomic mass is 9.82. The van der Waals surface area contributed by atoms with Gasteiger partial charge in [0.1, 0.15) is 0 Å². The lowest BCUT2D eigenvalue weighted by molar-refractivity contribution is -0.142. The van der Waals surface area contributed by atoms with E-state index in [4.69, 9.17) is 0 Å². The molecular formula is C14H22N2OS. The third kappa shape index (κ3) is 2.31. The van der Waals surface area contributed by atoms with Crippen LogP contribution in [0.5, 0.6) is 0 Å². The molecule has 1 aliphatic heterocycles. The number of nitrogens with zero attached hydrogens (tertiary/aromatic N) is 1. The highest BCUT2D eigenvalue weighted by atomic mass is 32.1. The average molecular weight is 266 g/mol. The summed E-state index contributed by atoms with van der Waals surface area (Å²) in [6.45, 7) is 6.01. The normalized spacial score (nSPS) is 25.1. The maximum Gasteiger partial charge on any atom is 0.230 e. The molecule has 1 aromatic rings. The van der Waals surface area contributed by atoms with Crippen molar-refractivity contribution in [1.82, 2.24) is 10.2 Å². The molecule has 0 bridgehead atoms. The predicted octanol–water partition coefficient (Wildman–Crippen LogP) is 2.66. The van der Waals surface area contributed by atoms with E-state index in [-0.39, 0.29) is 17.4 Å². The van der Waals surface area contributed by atoms with Crippen molar-refractivity contribution in [2.75, 3.05) is 20.1 Å². The fraction of sp³-hybridized carbons (Fsp3) is 0.643. The Bertz CT molecular complexity index is 396. The number of hydrogen-bond donors (Lipinski definition) is 1. The van der Waals surface area contributed by atoms with Gasteiger partial charge in [-0.05, 0) is 37.8 Å². The smallest absolute Gasteiger partial charge is 0.230 e. The van der Waals surface area contributed by atoms with Crippen LogP contribution < -0.4 is 5.32 Å². The van der Waals surface area contributed by atoms with E-state index in [2.05, 4.69) is 30.6 Å². The van der Waals surface area contributed by atoms with E-state index >= 15 is 0 Å². The van der Waals surface area contributed by atoms with E-state index in [9.17, 15) is 4.79 Å². The predicted molar refractivity (Wildman–Crippen MR) is 75.7 cm³/mol. The lowest BCUT2D eigenvalue weighted by Gasteiger charge is -2.34. The molecule has 3 nitrogen and oxygen atoms in total. The van der Waals surface area contributed by atoms with Gasteiger partial charge >= 0.3 is 0 Å². The van der Waals surface area contributed by atoms with Gasteiger partial charge in [-0.1, -0.05) is 13.0 Å². The summed E-state index contributed by atoms with van der Waals surface area (Å²) < 4.78 is 0. The fourth-order valence-corrected chi connectivity index (χ4v) is 3.48. The van der Waals surface area contributed by atoms with Gasteiger partial charge in [0, 0.05) is 18.5 Å². The summed E-state index contributed by atoms with van der Waals surface area (Å²) in [6, 6.07) is 4.31. The monoisotopic (exact) mass is 266 g/mol. The van der Waals surface area contributed by atoms with E-state index in [1.54, 1.807) is 11.3 Å². The highest BCUT2D eigenvalue weighted by Crippen LogP contribution is 2.34. The van der Waals surface area contributed by atoms with Crippen LogP contribution in [0.4, 0.5) is 0 Å². The molecule has 0 spiro atoms. The van der Waals surface area contributed by atoms with Crippen LogP contribution in [-0.4, -0.2) is 30.9 Å². The molecule has 4 heteroatoms. The minimum absolute atomic E-state index is 0.168. The summed E-state index contributed by atoms with van der Waals surface area (Å²) in [7, 11) is 1.93. The maximum atomic E-state index is 12.7. The molecule has 1 aromatic heterocycles. The summed E-state index contributed by atoms with van der Waals surface area (Å²) >= 11 is 1.72. The van der Waals surface area contributed by atoms with Crippen LogP contribution in [0.15, 0.2) is 17.5 Å². The van der Waals surface area contributed by atoms with Gasteiger partial charge in [-0.25, -0.2) is 0 Å². The van der Waals surface area contributed by atoms with Crippen molar-refractivity contribution in [2.24, 2.45) is 5.41 Å². The van der Waals surface area contributed by atoms with E-state index in [0.29, 0.717) is 0 Å². The molecule has 2 rings (SSSR count). The lowest BCUT2D eigenvalue weighted by Crippen LogP contribution is -2.44. The quantitative estimate of drug-likeness (QED) is 0.908. The molecule has 0 aliphatic carbocycles. The second-order valence-corrected chi connectivity index (χ2v) is 6.15. The Labute approximate surface area is 113 Å². The first kappa shape index (κ1) is 13.6. The Hall–Kier alpha value is -0.870. The number of carbonyl (C=O) groups is 1. The van der Waals surface area contributed by atoms with Crippen molar-refractivity contribution in [2.45, 2.75) is 32.7 Å². The number of amides is 1. The highest BCUT2D eigenvalue weighted by molar-refractivity contribution is 7.10. The minimum Gasteiger partial charge on any atom is -0.338 e. The number of rotatable bonds is 4. The van der Waals surface area contributed by atoms with Gasteiger partial charge in [0.25, 0.3) is 0 Å². The maximum absolute atomic E-state index is 12.7. The minimum atomic E-state index is -0.180. The zero-order valence-electron chi connectivity index (χ0n) is 11.4. The zero-order valence-corrected chi connectivity index (χ0v) is 12.2. The molecule has 0 aromatic carbocycles. The molecule has 1 saturated heterocycles. The second kappa shape index (κ2) is 5.41. The van der Waals surface area contributed by atoms with E-state index in [0.717, 1.165) is 25.9 Å². The van der Waals surface area contributed by atoms with E-state index in [1.165, 1.54) is 4.88 Å². The van der Waals surface area contributed by atoms with Gasteiger partial charge in [-0.3, -0.25) is 4.79 Å². The topological polar surface area (TPSA) is 32.3 Å². The first-order chi connectivity index (χ1) is 8.60. The van der Waals surface area contributed by atoms with Crippen molar-refractivity contribution in [1.29, 1.82) is 0 Å². The van der Waals surface area contributed by atoms with Gasteiger partial charge in [0.15, 0.2) is 0 Å². The van der Waals surface area contributed by atoms with Crippen LogP contribution in [0.3, 0.4) is 0 Å². The fourth-order valence-electron chi connectivity index (χ4n) is 2.65. The molecule has 0 radical (unpaired) electrons. The van der Waals surface area contributed by atoms with Crippen LogP contribution in [0, 0.1) is 5.41 Å². The third-order valence-corrected chi connectivity index (χ3v) is 5.27. The molecule has 2 atom stereocenters. The van der Waals surface area contributed by atoms with E-state index < -0.39 is 0 Å². The Kier molecular flexibility index (Phi) is 4.07. The number of thiophene rings is 1. The van der Waals surface area contributed by atoms with Gasteiger partial charge < -0.3 is 10.2 Å². The highest BCUT2D eigenvalue weighted by Gasteiger charge is 2.42. The Morgan fingerprint density at radius 1 is 1.67 bits per heavy atom. The molecular weight excluding hydrogens is 244 g/mol. The van der Waals surface area contributed by atoms with Crippen molar-refractivity contribution < 1.29 is 4.79 Å². The first-order valence-electron chi connectivity index (χ1n) is 6.62. The van der Waals surface area contributed by atoms with Gasteiger partial charge in [0.05, 0.1) is 11.5 Å². The molecule has 0 saturated carbocycles. The Morgan fingerprint density at radius 3 is 2.94 bits per heavy atom. The molecule has 1 fully saturated rings. The molecule has 2 heterocycles. The van der Waals surface area contributed by atoms with Crippen molar-refractivity contribution in [3.8, 4) is 0 Å². The van der Waals surface area contributed by atoms with Crippen LogP contribution in [0.1, 0.15) is 37.6 Å². The van der Waals surface area contributed by atoms with Gasteiger partial charge in [-0.2, -0.15) is 0 Å². The zero-order chi connectivity index (χ0) is 13.2. The van der Waals surface area contributed by atoms with Crippen molar-refractivity contribution >= 4 is 17.2 Å². The van der Waals surface area contributed by atoms with Crippen molar-refractivity contribution in [3.63, 3.8) is 0 Å². The summed E-state index contributed by atoms with van der Waals surface area (Å²) in [5.74, 6) is 0.288. The van der Waals surface area contributed by atoms with Crippen LogP contribution >= 0.6 is 11.3 Å². The number of nitrogens with one attached hydrogen (secondary N) is 1. The Balaban J connectivity index is 2.13. The summed E-state index contributed by atoms with van der Waals surface area (Å²) in [5, 5.41) is 5.39.